The molecule has 0 atom stereocenters. The van der Waals surface area contributed by atoms with Crippen molar-refractivity contribution in [1.82, 2.24) is 0 Å². The maximum Gasteiger partial charge on any atom is 1.00 e. The average Bonchev–Trinajstić information content (AvgIpc) is 2.93. The summed E-state index contributed by atoms with van der Waals surface area (Å²) in [6.45, 7) is 4.93. The number of ether oxygens (including phenoxy) is 1. The SMILES string of the molecule is CCCCCCCCCc1ccc(O)cc1.CCCCCCCCCc1ccc(OCCCCS(=O)(=O)[O-])cc1.[Na+]. The van der Waals surface area contributed by atoms with Crippen LogP contribution in [0.5, 0.6) is 11.5 Å². The van der Waals surface area contributed by atoms with Crippen molar-refractivity contribution in [3.8, 4) is 11.5 Å². The summed E-state index contributed by atoms with van der Waals surface area (Å²) in [5.74, 6) is 0.847. The van der Waals surface area contributed by atoms with Gasteiger partial charge in [0, 0.05) is 5.75 Å². The minimum absolute atomic E-state index is 0. The first-order chi connectivity index (χ1) is 19.3. The van der Waals surface area contributed by atoms with Crippen LogP contribution in [0.4, 0.5) is 0 Å². The molecule has 2 aromatic rings. The summed E-state index contributed by atoms with van der Waals surface area (Å²) in [4.78, 5) is 0. The largest absolute Gasteiger partial charge is 1.00 e. The summed E-state index contributed by atoms with van der Waals surface area (Å²) >= 11 is 0. The number of rotatable bonds is 22. The Morgan fingerprint density at radius 1 is 0.610 bits per heavy atom. The van der Waals surface area contributed by atoms with Crippen LogP contribution in [0.1, 0.15) is 128 Å². The zero-order valence-corrected chi connectivity index (χ0v) is 29.1. The molecule has 0 spiro atoms. The molecule has 0 unspecified atom stereocenters. The van der Waals surface area contributed by atoms with Crippen molar-refractivity contribution >= 4 is 10.1 Å². The number of phenolic OH excluding ortho intramolecular Hbond substituents is 1. The van der Waals surface area contributed by atoms with Crippen LogP contribution in [0.2, 0.25) is 0 Å². The van der Waals surface area contributed by atoms with Gasteiger partial charge in [-0.1, -0.05) is 115 Å². The normalized spacial score (nSPS) is 10.9. The number of benzene rings is 2. The zero-order valence-electron chi connectivity index (χ0n) is 26.2. The molecule has 0 amide bonds. The van der Waals surface area contributed by atoms with Gasteiger partial charge in [-0.2, -0.15) is 0 Å². The van der Waals surface area contributed by atoms with Crippen LogP contribution in [-0.2, 0) is 23.0 Å². The van der Waals surface area contributed by atoms with Gasteiger partial charge in [0.2, 0.25) is 0 Å². The minimum atomic E-state index is -4.10. The second kappa shape index (κ2) is 26.6. The Labute approximate surface area is 273 Å². The van der Waals surface area contributed by atoms with E-state index in [1.54, 1.807) is 12.1 Å². The summed E-state index contributed by atoms with van der Waals surface area (Å²) in [6, 6.07) is 15.7. The van der Waals surface area contributed by atoms with Gasteiger partial charge in [-0.15, -0.1) is 0 Å². The van der Waals surface area contributed by atoms with Crippen molar-refractivity contribution < 1.29 is 52.4 Å². The summed E-state index contributed by atoms with van der Waals surface area (Å²) in [5, 5.41) is 9.15. The number of phenols is 1. The van der Waals surface area contributed by atoms with Gasteiger partial charge in [0.25, 0.3) is 0 Å². The number of hydrogen-bond donors (Lipinski definition) is 1. The number of hydrogen-bond acceptors (Lipinski definition) is 5. The molecule has 0 aromatic heterocycles. The molecular weight excluding hydrogens is 543 g/mol. The van der Waals surface area contributed by atoms with Gasteiger partial charge in [-0.05, 0) is 73.9 Å². The van der Waals surface area contributed by atoms with Crippen molar-refractivity contribution in [2.45, 2.75) is 129 Å². The quantitative estimate of drug-likeness (QED) is 0.0967. The van der Waals surface area contributed by atoms with Crippen molar-refractivity contribution in [2.24, 2.45) is 0 Å². The molecule has 0 bridgehead atoms. The van der Waals surface area contributed by atoms with E-state index < -0.39 is 10.1 Å². The van der Waals surface area contributed by atoms with Crippen LogP contribution < -0.4 is 34.3 Å². The second-order valence-corrected chi connectivity index (χ2v) is 12.4. The van der Waals surface area contributed by atoms with Crippen LogP contribution >= 0.6 is 0 Å². The fourth-order valence-electron chi connectivity index (χ4n) is 4.56. The van der Waals surface area contributed by atoms with Crippen LogP contribution in [0.3, 0.4) is 0 Å². The Balaban J connectivity index is 0.000000821. The van der Waals surface area contributed by atoms with E-state index in [9.17, 15) is 13.0 Å². The van der Waals surface area contributed by atoms with Crippen molar-refractivity contribution in [2.75, 3.05) is 12.4 Å². The molecule has 228 valence electrons. The maximum absolute atomic E-state index is 10.5. The topological polar surface area (TPSA) is 86.7 Å². The molecule has 2 rings (SSSR count). The molecule has 0 aliphatic heterocycles. The molecule has 0 heterocycles. The molecule has 0 radical (unpaired) electrons. The smallest absolute Gasteiger partial charge is 0.748 e. The van der Waals surface area contributed by atoms with E-state index in [1.165, 1.54) is 101 Å². The van der Waals surface area contributed by atoms with E-state index in [4.69, 9.17) is 9.84 Å². The average molecular weight is 599 g/mol. The first-order valence-corrected chi connectivity index (χ1v) is 17.3. The fourth-order valence-corrected chi connectivity index (χ4v) is 5.12. The second-order valence-electron chi connectivity index (χ2n) is 10.9. The first kappa shape index (κ1) is 40.0. The van der Waals surface area contributed by atoms with Gasteiger partial charge in [0.15, 0.2) is 0 Å². The van der Waals surface area contributed by atoms with Crippen molar-refractivity contribution in [1.29, 1.82) is 0 Å². The van der Waals surface area contributed by atoms with E-state index in [-0.39, 0.29) is 35.3 Å². The predicted molar refractivity (Wildman–Crippen MR) is 167 cm³/mol. The maximum atomic E-state index is 10.5. The monoisotopic (exact) mass is 598 g/mol. The van der Waals surface area contributed by atoms with Crippen LogP contribution in [0.15, 0.2) is 48.5 Å². The molecule has 41 heavy (non-hydrogen) atoms. The van der Waals surface area contributed by atoms with Crippen molar-refractivity contribution in [3.05, 3.63) is 59.7 Å². The summed E-state index contributed by atoms with van der Waals surface area (Å²) in [6.07, 6.45) is 21.9. The Morgan fingerprint density at radius 2 is 1.02 bits per heavy atom. The standard InChI is InChI=1S/C19H32O4S.C15H24O.Na/c1-2-3-4-5-6-7-8-11-18-12-14-19(15-13-18)23-16-9-10-17-24(20,21)22;1-2-3-4-5-6-7-8-9-14-10-12-15(16)13-11-14;/h12-15H,2-11,16-17H2,1H3,(H,20,21,22);10-13,16H,2-9H2,1H3;/q;;+1/p-1. The minimum Gasteiger partial charge on any atom is -0.748 e. The first-order valence-electron chi connectivity index (χ1n) is 15.8. The van der Waals surface area contributed by atoms with Crippen LogP contribution in [0.25, 0.3) is 0 Å². The predicted octanol–water partition coefficient (Wildman–Crippen LogP) is 6.37. The zero-order chi connectivity index (χ0) is 29.3. The van der Waals surface area contributed by atoms with Gasteiger partial charge in [-0.25, -0.2) is 8.42 Å². The Kier molecular flexibility index (Phi) is 25.9. The van der Waals surface area contributed by atoms with Gasteiger partial charge in [0.05, 0.1) is 16.7 Å². The van der Waals surface area contributed by atoms with Gasteiger partial charge >= 0.3 is 29.6 Å². The number of aromatic hydroxyl groups is 1. The fraction of sp³-hybridized carbons (Fsp3) is 0.647. The summed E-state index contributed by atoms with van der Waals surface area (Å²) < 4.78 is 37.0. The van der Waals surface area contributed by atoms with E-state index in [0.717, 1.165) is 18.6 Å². The Hall–Kier alpha value is -1.05. The van der Waals surface area contributed by atoms with E-state index in [1.807, 2.05) is 24.3 Å². The molecule has 0 fully saturated rings. The van der Waals surface area contributed by atoms with Crippen molar-refractivity contribution in [3.63, 3.8) is 0 Å². The molecule has 5 nitrogen and oxygen atoms in total. The molecule has 2 aromatic carbocycles. The van der Waals surface area contributed by atoms with Crippen LogP contribution in [0, 0.1) is 0 Å². The van der Waals surface area contributed by atoms with Gasteiger partial charge in [-0.3, -0.25) is 0 Å². The molecule has 0 aliphatic carbocycles. The molecule has 1 N–H and O–H groups in total. The molecule has 0 saturated carbocycles. The van der Waals surface area contributed by atoms with E-state index in [0.29, 0.717) is 25.2 Å². The third-order valence-electron chi connectivity index (χ3n) is 7.06. The summed E-state index contributed by atoms with van der Waals surface area (Å²) in [7, 11) is -4.10. The Bertz CT molecular complexity index is 946. The van der Waals surface area contributed by atoms with Gasteiger partial charge < -0.3 is 14.4 Å². The van der Waals surface area contributed by atoms with E-state index in [2.05, 4.69) is 26.0 Å². The Morgan fingerprint density at radius 3 is 1.46 bits per heavy atom. The van der Waals surface area contributed by atoms with Crippen LogP contribution in [-0.4, -0.2) is 30.4 Å². The third kappa shape index (κ3) is 25.2. The third-order valence-corrected chi connectivity index (χ3v) is 7.84. The molecular formula is C34H55NaO5S. The molecule has 7 heteroatoms. The summed E-state index contributed by atoms with van der Waals surface area (Å²) in [5.41, 5.74) is 2.67. The van der Waals surface area contributed by atoms with E-state index >= 15 is 0 Å². The molecule has 0 aliphatic rings. The number of unbranched alkanes of at least 4 members (excludes halogenated alkanes) is 13. The van der Waals surface area contributed by atoms with Gasteiger partial charge in [0.1, 0.15) is 11.5 Å². The number of aryl methyl sites for hydroxylation is 2. The molecule has 0 saturated heterocycles.